The van der Waals surface area contributed by atoms with Crippen LogP contribution in [0, 0.1) is 0 Å². The maximum absolute atomic E-state index is 12.3. The van der Waals surface area contributed by atoms with Gasteiger partial charge in [0, 0.05) is 22.6 Å². The lowest BCUT2D eigenvalue weighted by Gasteiger charge is -2.15. The minimum absolute atomic E-state index is 0.106. The molecule has 4 nitrogen and oxygen atoms in total. The fourth-order valence-electron chi connectivity index (χ4n) is 2.06. The molecule has 1 unspecified atom stereocenters. The number of carbonyl (C=O) groups is 2. The predicted molar refractivity (Wildman–Crippen MR) is 90.8 cm³/mol. The average Bonchev–Trinajstić information content (AvgIpc) is 2.47. The minimum Gasteiger partial charge on any atom is -0.346 e. The van der Waals surface area contributed by atoms with Gasteiger partial charge in [0.1, 0.15) is 0 Å². The first-order chi connectivity index (χ1) is 10.5. The molecule has 0 radical (unpaired) electrons. The molecule has 0 heterocycles. The van der Waals surface area contributed by atoms with E-state index in [9.17, 15) is 9.59 Å². The number of rotatable bonds is 4. The van der Waals surface area contributed by atoms with Crippen molar-refractivity contribution in [3.63, 3.8) is 0 Å². The van der Waals surface area contributed by atoms with E-state index in [0.29, 0.717) is 11.3 Å². The van der Waals surface area contributed by atoms with Crippen molar-refractivity contribution in [1.29, 1.82) is 0 Å². The number of hydrogen-bond donors (Lipinski definition) is 2. The van der Waals surface area contributed by atoms with E-state index in [2.05, 4.69) is 26.6 Å². The van der Waals surface area contributed by atoms with Gasteiger partial charge in [0.2, 0.25) is 5.91 Å². The van der Waals surface area contributed by atoms with Crippen LogP contribution >= 0.6 is 15.9 Å². The van der Waals surface area contributed by atoms with E-state index in [1.165, 1.54) is 6.92 Å². The van der Waals surface area contributed by atoms with Gasteiger partial charge < -0.3 is 10.6 Å². The van der Waals surface area contributed by atoms with E-state index >= 15 is 0 Å². The first-order valence-corrected chi connectivity index (χ1v) is 7.69. The quantitative estimate of drug-likeness (QED) is 0.868. The second-order valence-corrected chi connectivity index (χ2v) is 5.92. The van der Waals surface area contributed by atoms with Crippen LogP contribution in [0.2, 0.25) is 0 Å². The second kappa shape index (κ2) is 7.22. The summed E-state index contributed by atoms with van der Waals surface area (Å²) in [5.41, 5.74) is 2.14. The van der Waals surface area contributed by atoms with E-state index in [-0.39, 0.29) is 17.9 Å². The molecule has 0 bridgehead atoms. The number of benzene rings is 2. The molecule has 0 fully saturated rings. The van der Waals surface area contributed by atoms with E-state index in [0.717, 1.165) is 10.0 Å². The second-order valence-electron chi connectivity index (χ2n) is 5.01. The van der Waals surface area contributed by atoms with Crippen molar-refractivity contribution < 1.29 is 9.59 Å². The van der Waals surface area contributed by atoms with Crippen LogP contribution in [-0.4, -0.2) is 11.8 Å². The third-order valence-corrected chi connectivity index (χ3v) is 3.69. The van der Waals surface area contributed by atoms with Crippen LogP contribution in [0.5, 0.6) is 0 Å². The van der Waals surface area contributed by atoms with Crippen molar-refractivity contribution in [3.05, 3.63) is 64.1 Å². The SMILES string of the molecule is CC(=O)Nc1cccc(C(=O)NC(C)c2ccc(Br)cc2)c1. The molecule has 114 valence electrons. The predicted octanol–water partition coefficient (Wildman–Crippen LogP) is 3.90. The van der Waals surface area contributed by atoms with E-state index in [1.807, 2.05) is 31.2 Å². The van der Waals surface area contributed by atoms with Gasteiger partial charge in [-0.1, -0.05) is 34.1 Å². The summed E-state index contributed by atoms with van der Waals surface area (Å²) < 4.78 is 0.998. The van der Waals surface area contributed by atoms with Gasteiger partial charge >= 0.3 is 0 Å². The Morgan fingerprint density at radius 1 is 1.09 bits per heavy atom. The summed E-state index contributed by atoms with van der Waals surface area (Å²) >= 11 is 3.39. The molecular formula is C17H17BrN2O2. The molecule has 0 aromatic heterocycles. The molecular weight excluding hydrogens is 344 g/mol. The molecule has 2 aromatic rings. The standard InChI is InChI=1S/C17H17BrN2O2/c1-11(13-6-8-15(18)9-7-13)19-17(22)14-4-3-5-16(10-14)20-12(2)21/h3-11H,1-2H3,(H,19,22)(H,20,21). The largest absolute Gasteiger partial charge is 0.346 e. The van der Waals surface area contributed by atoms with Crippen LogP contribution in [0.4, 0.5) is 5.69 Å². The number of amides is 2. The van der Waals surface area contributed by atoms with Crippen LogP contribution in [0.1, 0.15) is 35.8 Å². The van der Waals surface area contributed by atoms with Crippen molar-refractivity contribution in [3.8, 4) is 0 Å². The van der Waals surface area contributed by atoms with E-state index < -0.39 is 0 Å². The highest BCUT2D eigenvalue weighted by Crippen LogP contribution is 2.17. The summed E-state index contributed by atoms with van der Waals surface area (Å²) in [6, 6.07) is 14.6. The van der Waals surface area contributed by atoms with Crippen molar-refractivity contribution in [2.75, 3.05) is 5.32 Å². The Bertz CT molecular complexity index is 683. The molecule has 5 heteroatoms. The van der Waals surface area contributed by atoms with E-state index in [1.54, 1.807) is 24.3 Å². The Labute approximate surface area is 138 Å². The van der Waals surface area contributed by atoms with Crippen LogP contribution in [-0.2, 0) is 4.79 Å². The first-order valence-electron chi connectivity index (χ1n) is 6.89. The molecule has 2 N–H and O–H groups in total. The normalized spacial score (nSPS) is 11.6. The van der Waals surface area contributed by atoms with Crippen molar-refractivity contribution in [2.24, 2.45) is 0 Å². The van der Waals surface area contributed by atoms with Gasteiger partial charge in [0.25, 0.3) is 5.91 Å². The van der Waals surface area contributed by atoms with Crippen molar-refractivity contribution in [1.82, 2.24) is 5.32 Å². The molecule has 0 aliphatic heterocycles. The Hall–Kier alpha value is -2.14. The smallest absolute Gasteiger partial charge is 0.251 e. The number of hydrogen-bond acceptors (Lipinski definition) is 2. The Kier molecular flexibility index (Phi) is 5.33. The van der Waals surface area contributed by atoms with Crippen molar-refractivity contribution >= 4 is 33.4 Å². The molecule has 1 atom stereocenters. The third kappa shape index (κ3) is 4.43. The highest BCUT2D eigenvalue weighted by Gasteiger charge is 2.12. The number of nitrogens with one attached hydrogen (secondary N) is 2. The Morgan fingerprint density at radius 2 is 1.77 bits per heavy atom. The summed E-state index contributed by atoms with van der Waals surface area (Å²) in [6.07, 6.45) is 0. The molecule has 2 rings (SSSR count). The van der Waals surface area contributed by atoms with Gasteiger partial charge in [0.15, 0.2) is 0 Å². The van der Waals surface area contributed by atoms with Crippen LogP contribution < -0.4 is 10.6 Å². The summed E-state index contributed by atoms with van der Waals surface area (Å²) in [4.78, 5) is 23.4. The molecule has 22 heavy (non-hydrogen) atoms. The first kappa shape index (κ1) is 16.2. The highest BCUT2D eigenvalue weighted by molar-refractivity contribution is 9.10. The minimum atomic E-state index is -0.178. The molecule has 0 aliphatic rings. The summed E-state index contributed by atoms with van der Waals surface area (Å²) in [5.74, 6) is -0.344. The number of anilines is 1. The molecule has 0 spiro atoms. The highest BCUT2D eigenvalue weighted by atomic mass is 79.9. The zero-order valence-electron chi connectivity index (χ0n) is 12.4. The van der Waals surface area contributed by atoms with Crippen molar-refractivity contribution in [2.45, 2.75) is 19.9 Å². The lowest BCUT2D eigenvalue weighted by atomic mass is 10.1. The maximum Gasteiger partial charge on any atom is 0.251 e. The maximum atomic E-state index is 12.3. The number of halogens is 1. The lowest BCUT2D eigenvalue weighted by Crippen LogP contribution is -2.26. The monoisotopic (exact) mass is 360 g/mol. The van der Waals surface area contributed by atoms with Gasteiger partial charge in [-0.25, -0.2) is 0 Å². The molecule has 0 saturated carbocycles. The van der Waals surface area contributed by atoms with E-state index in [4.69, 9.17) is 0 Å². The van der Waals surface area contributed by atoms with Gasteiger partial charge in [0.05, 0.1) is 6.04 Å². The summed E-state index contributed by atoms with van der Waals surface area (Å²) in [5, 5.41) is 5.61. The fraction of sp³-hybridized carbons (Fsp3) is 0.176. The molecule has 0 saturated heterocycles. The Balaban J connectivity index is 2.08. The molecule has 2 aromatic carbocycles. The average molecular weight is 361 g/mol. The number of carbonyl (C=O) groups excluding carboxylic acids is 2. The van der Waals surface area contributed by atoms with Crippen LogP contribution in [0.3, 0.4) is 0 Å². The Morgan fingerprint density at radius 3 is 2.41 bits per heavy atom. The lowest BCUT2D eigenvalue weighted by molar-refractivity contribution is -0.114. The van der Waals surface area contributed by atoms with Gasteiger partial charge in [-0.05, 0) is 42.8 Å². The van der Waals surface area contributed by atoms with Gasteiger partial charge in [-0.2, -0.15) is 0 Å². The molecule has 0 aliphatic carbocycles. The third-order valence-electron chi connectivity index (χ3n) is 3.16. The van der Waals surface area contributed by atoms with Crippen LogP contribution in [0.25, 0.3) is 0 Å². The summed E-state index contributed by atoms with van der Waals surface area (Å²) in [7, 11) is 0. The van der Waals surface area contributed by atoms with Gasteiger partial charge in [-0.15, -0.1) is 0 Å². The van der Waals surface area contributed by atoms with Crippen LogP contribution in [0.15, 0.2) is 53.0 Å². The zero-order chi connectivity index (χ0) is 16.1. The topological polar surface area (TPSA) is 58.2 Å². The summed E-state index contributed by atoms with van der Waals surface area (Å²) in [6.45, 7) is 3.36. The fourth-order valence-corrected chi connectivity index (χ4v) is 2.32. The molecule has 2 amide bonds. The zero-order valence-corrected chi connectivity index (χ0v) is 14.0. The van der Waals surface area contributed by atoms with Gasteiger partial charge in [-0.3, -0.25) is 9.59 Å².